The topological polar surface area (TPSA) is 87.3 Å². The van der Waals surface area contributed by atoms with Crippen molar-refractivity contribution in [2.45, 2.75) is 51.6 Å². The van der Waals surface area contributed by atoms with E-state index in [0.29, 0.717) is 5.92 Å². The minimum absolute atomic E-state index is 0.140. The molecule has 2 aromatic rings. The predicted octanol–water partition coefficient (Wildman–Crippen LogP) is 3.09. The molecule has 0 spiro atoms. The molecule has 1 aliphatic heterocycles. The van der Waals surface area contributed by atoms with Gasteiger partial charge in [-0.1, -0.05) is 62.4 Å². The van der Waals surface area contributed by atoms with Crippen LogP contribution in [0.25, 0.3) is 11.1 Å². The zero-order valence-corrected chi connectivity index (χ0v) is 18.4. The highest BCUT2D eigenvalue weighted by Crippen LogP contribution is 2.32. The highest BCUT2D eigenvalue weighted by atomic mass is 16.2. The van der Waals surface area contributed by atoms with Crippen LogP contribution in [0, 0.1) is 0 Å². The first kappa shape index (κ1) is 22.7. The molecule has 2 amide bonds. The number of hydrogen-bond donors (Lipinski definition) is 3. The Morgan fingerprint density at radius 3 is 2.45 bits per heavy atom. The number of carbonyl (C=O) groups excluding carboxylic acids is 3. The first-order valence-electron chi connectivity index (χ1n) is 10.9. The van der Waals surface area contributed by atoms with Gasteiger partial charge in [0.25, 0.3) is 0 Å². The van der Waals surface area contributed by atoms with Crippen molar-refractivity contribution in [1.82, 2.24) is 16.0 Å². The van der Waals surface area contributed by atoms with Gasteiger partial charge in [0.2, 0.25) is 11.8 Å². The molecule has 164 valence electrons. The van der Waals surface area contributed by atoms with Crippen molar-refractivity contribution in [1.29, 1.82) is 0 Å². The third-order valence-corrected chi connectivity index (χ3v) is 5.64. The fraction of sp³-hybridized carbons (Fsp3) is 0.400. The van der Waals surface area contributed by atoms with Gasteiger partial charge in [-0.15, -0.1) is 0 Å². The summed E-state index contributed by atoms with van der Waals surface area (Å²) in [7, 11) is 0. The molecule has 1 heterocycles. The van der Waals surface area contributed by atoms with Gasteiger partial charge in [-0.05, 0) is 47.6 Å². The van der Waals surface area contributed by atoms with E-state index in [9.17, 15) is 14.4 Å². The van der Waals surface area contributed by atoms with Crippen LogP contribution in [0.15, 0.2) is 48.5 Å². The molecule has 0 aliphatic carbocycles. The van der Waals surface area contributed by atoms with Crippen molar-refractivity contribution >= 4 is 17.6 Å². The van der Waals surface area contributed by atoms with Crippen molar-refractivity contribution in [3.63, 3.8) is 0 Å². The van der Waals surface area contributed by atoms with E-state index in [4.69, 9.17) is 0 Å². The summed E-state index contributed by atoms with van der Waals surface area (Å²) < 4.78 is 0. The first-order valence-corrected chi connectivity index (χ1v) is 10.9. The van der Waals surface area contributed by atoms with Crippen LogP contribution in [0.3, 0.4) is 0 Å². The summed E-state index contributed by atoms with van der Waals surface area (Å²) in [6, 6.07) is 14.7. The molecule has 0 unspecified atom stereocenters. The monoisotopic (exact) mass is 421 g/mol. The Labute approximate surface area is 183 Å². The second-order valence-corrected chi connectivity index (χ2v) is 8.33. The Morgan fingerprint density at radius 1 is 1.10 bits per heavy atom. The number of nitrogens with one attached hydrogen (secondary N) is 3. The molecule has 3 rings (SSSR count). The van der Waals surface area contributed by atoms with Gasteiger partial charge >= 0.3 is 0 Å². The fourth-order valence-electron chi connectivity index (χ4n) is 3.85. The quantitative estimate of drug-likeness (QED) is 0.611. The van der Waals surface area contributed by atoms with E-state index in [2.05, 4.69) is 35.9 Å². The predicted molar refractivity (Wildman–Crippen MR) is 122 cm³/mol. The fourth-order valence-corrected chi connectivity index (χ4v) is 3.85. The van der Waals surface area contributed by atoms with E-state index in [-0.39, 0.29) is 30.2 Å². The van der Waals surface area contributed by atoms with Crippen LogP contribution in [0.5, 0.6) is 0 Å². The molecular formula is C25H31N3O3. The summed E-state index contributed by atoms with van der Waals surface area (Å²) in [5, 5.41) is 8.71. The largest absolute Gasteiger partial charge is 0.349 e. The molecule has 3 N–H and O–H groups in total. The molecule has 6 heteroatoms. The first-order chi connectivity index (χ1) is 14.9. The zero-order chi connectivity index (χ0) is 22.4. The molecule has 0 aromatic heterocycles. The van der Waals surface area contributed by atoms with E-state index >= 15 is 0 Å². The van der Waals surface area contributed by atoms with Crippen LogP contribution < -0.4 is 16.0 Å². The van der Waals surface area contributed by atoms with Crippen LogP contribution in [0.1, 0.15) is 56.7 Å². The smallest absolute Gasteiger partial charge is 0.237 e. The second kappa shape index (κ2) is 10.4. The summed E-state index contributed by atoms with van der Waals surface area (Å²) >= 11 is 0. The van der Waals surface area contributed by atoms with Crippen molar-refractivity contribution in [2.24, 2.45) is 0 Å². The molecule has 1 saturated heterocycles. The third-order valence-electron chi connectivity index (χ3n) is 5.64. The Kier molecular flexibility index (Phi) is 7.58. The summed E-state index contributed by atoms with van der Waals surface area (Å²) in [6.45, 7) is 6.27. The summed E-state index contributed by atoms with van der Waals surface area (Å²) in [4.78, 5) is 37.4. The van der Waals surface area contributed by atoms with Crippen LogP contribution in [-0.4, -0.2) is 36.7 Å². The van der Waals surface area contributed by atoms with Gasteiger partial charge in [0.05, 0.1) is 12.6 Å². The van der Waals surface area contributed by atoms with Crippen LogP contribution in [0.4, 0.5) is 0 Å². The van der Waals surface area contributed by atoms with Gasteiger partial charge in [-0.2, -0.15) is 0 Å². The Balaban J connectivity index is 2.02. The van der Waals surface area contributed by atoms with Crippen LogP contribution in [0.2, 0.25) is 0 Å². The van der Waals surface area contributed by atoms with E-state index in [1.54, 1.807) is 0 Å². The molecule has 0 bridgehead atoms. The van der Waals surface area contributed by atoms with Crippen molar-refractivity contribution in [2.75, 3.05) is 13.1 Å². The van der Waals surface area contributed by atoms with Crippen molar-refractivity contribution in [3.8, 4) is 11.1 Å². The highest BCUT2D eigenvalue weighted by molar-refractivity contribution is 5.95. The van der Waals surface area contributed by atoms with Gasteiger partial charge in [0.1, 0.15) is 6.04 Å². The van der Waals surface area contributed by atoms with Crippen LogP contribution >= 0.6 is 0 Å². The molecule has 6 nitrogen and oxygen atoms in total. The van der Waals surface area contributed by atoms with Gasteiger partial charge in [-0.3, -0.25) is 14.4 Å². The Morgan fingerprint density at radius 2 is 1.84 bits per heavy atom. The molecule has 0 radical (unpaired) electrons. The second-order valence-electron chi connectivity index (χ2n) is 8.33. The summed E-state index contributed by atoms with van der Waals surface area (Å²) in [6.07, 6.45) is 1.68. The normalized spacial score (nSPS) is 16.7. The molecule has 1 fully saturated rings. The van der Waals surface area contributed by atoms with Gasteiger partial charge < -0.3 is 16.0 Å². The average Bonchev–Trinajstić information content (AvgIpc) is 3.31. The summed E-state index contributed by atoms with van der Waals surface area (Å²) in [5.41, 5.74) is 3.77. The number of carbonyl (C=O) groups is 3. The lowest BCUT2D eigenvalue weighted by atomic mass is 9.88. The van der Waals surface area contributed by atoms with Gasteiger partial charge in [-0.25, -0.2) is 0 Å². The number of hydrogen-bond acceptors (Lipinski definition) is 4. The zero-order valence-electron chi connectivity index (χ0n) is 18.4. The molecule has 31 heavy (non-hydrogen) atoms. The van der Waals surface area contributed by atoms with Gasteiger partial charge in [0, 0.05) is 6.92 Å². The van der Waals surface area contributed by atoms with E-state index in [1.807, 2.05) is 42.5 Å². The minimum Gasteiger partial charge on any atom is -0.349 e. The van der Waals surface area contributed by atoms with E-state index in [0.717, 1.165) is 41.6 Å². The number of benzene rings is 2. The molecule has 1 aliphatic rings. The molecule has 0 saturated carbocycles. The Hall–Kier alpha value is -2.99. The maximum absolute atomic E-state index is 13.2. The third kappa shape index (κ3) is 5.79. The number of Topliss-reactive ketones (excluding diaryl/α,β-unsaturated/α-hetero) is 1. The number of rotatable bonds is 8. The molecule has 2 aromatic carbocycles. The van der Waals surface area contributed by atoms with E-state index < -0.39 is 6.04 Å². The van der Waals surface area contributed by atoms with Gasteiger partial charge in [0.15, 0.2) is 5.78 Å². The SMILES string of the molecule is CC(=O)NCC(=O)[C@@H](NC(=O)[C@@H]1CCCN1)c1ccc(C(C)C)cc1-c1ccccc1. The van der Waals surface area contributed by atoms with Crippen molar-refractivity contribution < 1.29 is 14.4 Å². The molecule has 2 atom stereocenters. The Bertz CT molecular complexity index is 934. The number of amides is 2. The minimum atomic E-state index is -0.849. The maximum atomic E-state index is 13.2. The standard InChI is InChI=1S/C25H31N3O3/c1-16(2)19-11-12-20(21(14-19)18-8-5-4-6-9-18)24(23(30)15-27-17(3)29)28-25(31)22-10-7-13-26-22/h4-6,8-9,11-12,14,16,22,24,26H,7,10,13,15H2,1-3H3,(H,27,29)(H,28,31)/t22-,24-/m0/s1. The lowest BCUT2D eigenvalue weighted by molar-refractivity contribution is -0.129. The lowest BCUT2D eigenvalue weighted by Gasteiger charge is -2.24. The maximum Gasteiger partial charge on any atom is 0.237 e. The summed E-state index contributed by atoms with van der Waals surface area (Å²) in [5.74, 6) is -0.404. The lowest BCUT2D eigenvalue weighted by Crippen LogP contribution is -2.46. The number of ketones is 1. The van der Waals surface area contributed by atoms with Crippen LogP contribution in [-0.2, 0) is 14.4 Å². The van der Waals surface area contributed by atoms with E-state index in [1.165, 1.54) is 6.92 Å². The van der Waals surface area contributed by atoms with Crippen molar-refractivity contribution in [3.05, 3.63) is 59.7 Å². The average molecular weight is 422 g/mol. The highest BCUT2D eigenvalue weighted by Gasteiger charge is 2.30. The molecular weight excluding hydrogens is 390 g/mol.